The zero-order valence-electron chi connectivity index (χ0n) is 14.2. The molecule has 0 bridgehead atoms. The van der Waals surface area contributed by atoms with Crippen LogP contribution in [0, 0.1) is 6.92 Å². The Morgan fingerprint density at radius 1 is 1.04 bits per heavy atom. The van der Waals surface area contributed by atoms with Crippen LogP contribution in [0.25, 0.3) is 17.0 Å². The molecular formula is C21H23NO2. The lowest BCUT2D eigenvalue weighted by molar-refractivity contribution is 0.125. The van der Waals surface area contributed by atoms with E-state index in [0.717, 1.165) is 17.7 Å². The first kappa shape index (κ1) is 16.3. The van der Waals surface area contributed by atoms with Crippen LogP contribution >= 0.6 is 0 Å². The van der Waals surface area contributed by atoms with Gasteiger partial charge in [0.05, 0.1) is 20.3 Å². The molecule has 1 aromatic heterocycles. The lowest BCUT2D eigenvalue weighted by atomic mass is 10.1. The van der Waals surface area contributed by atoms with Crippen molar-refractivity contribution in [3.05, 3.63) is 71.4 Å². The smallest absolute Gasteiger partial charge is 0.118 e. The number of ether oxygens (including phenoxy) is 2. The Kier molecular flexibility index (Phi) is 5.34. The minimum absolute atomic E-state index is 0.629. The fourth-order valence-electron chi connectivity index (χ4n) is 2.78. The number of nitrogens with one attached hydrogen (secondary N) is 1. The van der Waals surface area contributed by atoms with Gasteiger partial charge in [-0.25, -0.2) is 0 Å². The van der Waals surface area contributed by atoms with E-state index in [0.29, 0.717) is 13.2 Å². The van der Waals surface area contributed by atoms with Crippen molar-refractivity contribution in [3.63, 3.8) is 0 Å². The summed E-state index contributed by atoms with van der Waals surface area (Å²) in [4.78, 5) is 3.42. The van der Waals surface area contributed by atoms with Crippen molar-refractivity contribution in [2.24, 2.45) is 0 Å². The second-order valence-electron chi connectivity index (χ2n) is 5.80. The molecule has 1 N–H and O–H groups in total. The summed E-state index contributed by atoms with van der Waals surface area (Å²) in [6.45, 7) is 3.45. The van der Waals surface area contributed by atoms with E-state index in [4.69, 9.17) is 9.47 Å². The Bertz CT molecular complexity index is 815. The third kappa shape index (κ3) is 3.87. The van der Waals surface area contributed by atoms with Gasteiger partial charge in [-0.15, -0.1) is 0 Å². The van der Waals surface area contributed by atoms with Gasteiger partial charge in [0, 0.05) is 22.2 Å². The molecule has 0 amide bonds. The monoisotopic (exact) mass is 321 g/mol. The molecule has 24 heavy (non-hydrogen) atoms. The van der Waals surface area contributed by atoms with Crippen LogP contribution in [0.15, 0.2) is 54.6 Å². The van der Waals surface area contributed by atoms with Gasteiger partial charge in [0.25, 0.3) is 0 Å². The number of methoxy groups -OCH3 is 1. The number of fused-ring (bicyclic) bond motifs is 1. The quantitative estimate of drug-likeness (QED) is 0.614. The summed E-state index contributed by atoms with van der Waals surface area (Å²) in [5.74, 6) is 0.871. The molecule has 0 fully saturated rings. The number of rotatable bonds is 7. The van der Waals surface area contributed by atoms with Crippen LogP contribution in [-0.2, 0) is 11.3 Å². The summed E-state index contributed by atoms with van der Waals surface area (Å²) in [6.07, 6.45) is 5.26. The highest BCUT2D eigenvalue weighted by Crippen LogP contribution is 2.23. The van der Waals surface area contributed by atoms with E-state index < -0.39 is 0 Å². The minimum atomic E-state index is 0.629. The predicted octanol–water partition coefficient (Wildman–Crippen LogP) is 5.11. The molecule has 2 aromatic carbocycles. The summed E-state index contributed by atoms with van der Waals surface area (Å²) in [5.41, 5.74) is 4.81. The van der Waals surface area contributed by atoms with Crippen molar-refractivity contribution in [3.8, 4) is 5.75 Å². The molecule has 0 spiro atoms. The fourth-order valence-corrected chi connectivity index (χ4v) is 2.78. The first-order chi connectivity index (χ1) is 11.8. The van der Waals surface area contributed by atoms with Gasteiger partial charge >= 0.3 is 0 Å². The molecule has 3 rings (SSSR count). The molecule has 0 unspecified atom stereocenters. The van der Waals surface area contributed by atoms with E-state index in [9.17, 15) is 0 Å². The molecule has 0 saturated carbocycles. The van der Waals surface area contributed by atoms with Crippen LogP contribution in [0.2, 0.25) is 0 Å². The van der Waals surface area contributed by atoms with E-state index in [1.54, 1.807) is 7.11 Å². The van der Waals surface area contributed by atoms with Gasteiger partial charge in [0.15, 0.2) is 0 Å². The second kappa shape index (κ2) is 7.84. The van der Waals surface area contributed by atoms with Gasteiger partial charge in [0.1, 0.15) is 5.75 Å². The van der Waals surface area contributed by atoms with Crippen LogP contribution in [0.3, 0.4) is 0 Å². The average molecular weight is 321 g/mol. The van der Waals surface area contributed by atoms with E-state index in [1.165, 1.54) is 22.2 Å². The highest BCUT2D eigenvalue weighted by atomic mass is 16.5. The van der Waals surface area contributed by atoms with E-state index in [1.807, 2.05) is 24.3 Å². The van der Waals surface area contributed by atoms with Crippen molar-refractivity contribution in [1.29, 1.82) is 0 Å². The maximum atomic E-state index is 5.73. The van der Waals surface area contributed by atoms with Crippen molar-refractivity contribution < 1.29 is 9.47 Å². The first-order valence-electron chi connectivity index (χ1n) is 8.22. The number of aryl methyl sites for hydroxylation is 1. The number of hydrogen-bond donors (Lipinski definition) is 1. The van der Waals surface area contributed by atoms with E-state index in [-0.39, 0.29) is 0 Å². The molecule has 124 valence electrons. The van der Waals surface area contributed by atoms with Crippen LogP contribution in [0.5, 0.6) is 5.75 Å². The van der Waals surface area contributed by atoms with Crippen molar-refractivity contribution >= 4 is 17.0 Å². The molecule has 3 aromatic rings. The molecule has 0 atom stereocenters. The summed E-state index contributed by atoms with van der Waals surface area (Å²) < 4.78 is 10.9. The van der Waals surface area contributed by atoms with Gasteiger partial charge in [-0.1, -0.05) is 42.5 Å². The maximum absolute atomic E-state index is 5.73. The summed E-state index contributed by atoms with van der Waals surface area (Å²) in [6, 6.07) is 16.4. The zero-order chi connectivity index (χ0) is 16.8. The van der Waals surface area contributed by atoms with Crippen LogP contribution < -0.4 is 4.74 Å². The average Bonchev–Trinajstić information content (AvgIpc) is 2.94. The molecular weight excluding hydrogens is 298 g/mol. The van der Waals surface area contributed by atoms with Crippen molar-refractivity contribution in [2.75, 3.05) is 13.7 Å². The van der Waals surface area contributed by atoms with Crippen LogP contribution in [0.1, 0.15) is 23.2 Å². The Morgan fingerprint density at radius 3 is 2.62 bits per heavy atom. The number of H-pyrrole nitrogens is 1. The van der Waals surface area contributed by atoms with E-state index >= 15 is 0 Å². The first-order valence-corrected chi connectivity index (χ1v) is 8.22. The third-order valence-electron chi connectivity index (χ3n) is 4.08. The zero-order valence-corrected chi connectivity index (χ0v) is 14.2. The van der Waals surface area contributed by atoms with Crippen LogP contribution in [0.4, 0.5) is 0 Å². The topological polar surface area (TPSA) is 34.2 Å². The van der Waals surface area contributed by atoms with E-state index in [2.05, 4.69) is 48.3 Å². The number of para-hydroxylation sites is 1. The molecule has 3 heteroatoms. The highest BCUT2D eigenvalue weighted by molar-refractivity contribution is 5.90. The summed E-state index contributed by atoms with van der Waals surface area (Å²) in [7, 11) is 1.67. The Balaban J connectivity index is 1.49. The Morgan fingerprint density at radius 2 is 1.83 bits per heavy atom. The summed E-state index contributed by atoms with van der Waals surface area (Å²) in [5, 5.41) is 1.27. The predicted molar refractivity (Wildman–Crippen MR) is 99.3 cm³/mol. The van der Waals surface area contributed by atoms with Crippen molar-refractivity contribution in [2.45, 2.75) is 20.0 Å². The lowest BCUT2D eigenvalue weighted by Gasteiger charge is -2.04. The molecule has 0 saturated heterocycles. The van der Waals surface area contributed by atoms with Gasteiger partial charge in [-0.3, -0.25) is 0 Å². The standard InChI is InChI=1S/C21H23NO2/c1-16-19(20-8-3-4-9-21(20)22-16)7-5-6-14-24-15-17-10-12-18(23-2)13-11-17/h3-5,7-13,22H,6,14-15H2,1-2H3/b7-5+. The normalized spacial score (nSPS) is 11.4. The highest BCUT2D eigenvalue weighted by Gasteiger charge is 2.03. The van der Waals surface area contributed by atoms with Crippen LogP contribution in [-0.4, -0.2) is 18.7 Å². The number of aromatic amines is 1. The minimum Gasteiger partial charge on any atom is -0.497 e. The third-order valence-corrected chi connectivity index (χ3v) is 4.08. The molecule has 0 radical (unpaired) electrons. The lowest BCUT2D eigenvalue weighted by Crippen LogP contribution is -1.94. The molecule has 0 aliphatic carbocycles. The Hall–Kier alpha value is -2.52. The summed E-state index contributed by atoms with van der Waals surface area (Å²) >= 11 is 0. The van der Waals surface area contributed by atoms with Gasteiger partial charge in [-0.05, 0) is 37.1 Å². The second-order valence-corrected chi connectivity index (χ2v) is 5.80. The molecule has 1 heterocycles. The number of benzene rings is 2. The Labute approximate surface area is 142 Å². The molecule has 0 aliphatic heterocycles. The largest absolute Gasteiger partial charge is 0.497 e. The molecule has 0 aliphatic rings. The molecule has 3 nitrogen and oxygen atoms in total. The van der Waals surface area contributed by atoms with Gasteiger partial charge in [-0.2, -0.15) is 0 Å². The van der Waals surface area contributed by atoms with Crippen molar-refractivity contribution in [1.82, 2.24) is 4.98 Å². The number of aromatic nitrogens is 1. The van der Waals surface area contributed by atoms with Gasteiger partial charge < -0.3 is 14.5 Å². The number of hydrogen-bond acceptors (Lipinski definition) is 2. The SMILES string of the molecule is COc1ccc(COCC/C=C/c2c(C)[nH]c3ccccc23)cc1. The fraction of sp³-hybridized carbons (Fsp3) is 0.238. The maximum Gasteiger partial charge on any atom is 0.118 e. The van der Waals surface area contributed by atoms with Gasteiger partial charge in [0.2, 0.25) is 0 Å².